The van der Waals surface area contributed by atoms with Gasteiger partial charge in [-0.15, -0.1) is 0 Å². The summed E-state index contributed by atoms with van der Waals surface area (Å²) in [6, 6.07) is 0. The van der Waals surface area contributed by atoms with Gasteiger partial charge in [-0.1, -0.05) is 20.8 Å². The first-order valence-corrected chi connectivity index (χ1v) is 7.76. The van der Waals surface area contributed by atoms with Crippen LogP contribution in [0, 0.1) is 29.1 Å². The van der Waals surface area contributed by atoms with E-state index >= 15 is 0 Å². The number of esters is 1. The lowest BCUT2D eigenvalue weighted by Crippen LogP contribution is -2.44. The van der Waals surface area contributed by atoms with Crippen molar-refractivity contribution in [3.8, 4) is 0 Å². The zero-order chi connectivity index (χ0) is 14.9. The zero-order valence-electron chi connectivity index (χ0n) is 13.2. The Morgan fingerprint density at radius 2 is 2.05 bits per heavy atom. The Bertz CT molecular complexity index is 490. The van der Waals surface area contributed by atoms with Crippen LogP contribution in [-0.4, -0.2) is 23.8 Å². The van der Waals surface area contributed by atoms with Gasteiger partial charge in [0.1, 0.15) is 0 Å². The Morgan fingerprint density at radius 1 is 1.40 bits per heavy atom. The van der Waals surface area contributed by atoms with Crippen molar-refractivity contribution in [2.24, 2.45) is 29.1 Å². The Hall–Kier alpha value is -0.830. The summed E-state index contributed by atoms with van der Waals surface area (Å²) in [5, 5.41) is 11.5. The van der Waals surface area contributed by atoms with Crippen molar-refractivity contribution in [1.82, 2.24) is 0 Å². The van der Waals surface area contributed by atoms with Crippen LogP contribution in [0.1, 0.15) is 47.0 Å². The van der Waals surface area contributed by atoms with Crippen LogP contribution in [0.5, 0.6) is 0 Å². The second-order valence-electron chi connectivity index (χ2n) is 7.76. The minimum absolute atomic E-state index is 0.148. The van der Waals surface area contributed by atoms with Crippen LogP contribution in [0.3, 0.4) is 0 Å². The Kier molecular flexibility index (Phi) is 2.89. The van der Waals surface area contributed by atoms with Crippen molar-refractivity contribution in [2.75, 3.05) is 7.11 Å². The topological polar surface area (TPSA) is 46.5 Å². The smallest absolute Gasteiger partial charge is 0.333 e. The molecule has 5 atom stereocenters. The predicted molar refractivity (Wildman–Crippen MR) is 76.9 cm³/mol. The highest BCUT2D eigenvalue weighted by atomic mass is 16.5. The first-order valence-electron chi connectivity index (χ1n) is 7.76. The van der Waals surface area contributed by atoms with Crippen LogP contribution >= 0.6 is 0 Å². The van der Waals surface area contributed by atoms with Gasteiger partial charge in [0, 0.05) is 11.5 Å². The molecule has 3 nitrogen and oxygen atoms in total. The molecule has 0 amide bonds. The molecule has 3 heteroatoms. The van der Waals surface area contributed by atoms with E-state index in [-0.39, 0.29) is 23.2 Å². The summed E-state index contributed by atoms with van der Waals surface area (Å²) in [5.74, 6) is 1.27. The molecule has 0 spiro atoms. The van der Waals surface area contributed by atoms with Crippen LogP contribution in [0.15, 0.2) is 11.1 Å². The van der Waals surface area contributed by atoms with Crippen molar-refractivity contribution < 1.29 is 14.6 Å². The fraction of sp³-hybridized carbons (Fsp3) is 0.824. The van der Waals surface area contributed by atoms with Gasteiger partial charge in [0.15, 0.2) is 0 Å². The van der Waals surface area contributed by atoms with E-state index in [4.69, 9.17) is 4.74 Å². The lowest BCUT2D eigenvalue weighted by Gasteiger charge is -2.40. The van der Waals surface area contributed by atoms with Gasteiger partial charge >= 0.3 is 5.97 Å². The number of ether oxygens (including phenoxy) is 1. The molecule has 0 aromatic carbocycles. The maximum Gasteiger partial charge on any atom is 0.333 e. The number of hydrogen-bond donors (Lipinski definition) is 1. The summed E-state index contributed by atoms with van der Waals surface area (Å²) in [7, 11) is 1.42. The molecule has 0 aliphatic heterocycles. The largest absolute Gasteiger partial charge is 0.466 e. The number of carbonyl (C=O) groups excluding carboxylic acids is 1. The first kappa shape index (κ1) is 14.1. The number of carbonyl (C=O) groups is 1. The number of fused-ring (bicyclic) bond motifs is 3. The molecular formula is C17H26O3. The summed E-state index contributed by atoms with van der Waals surface area (Å²) < 4.78 is 4.91. The molecule has 0 saturated heterocycles. The molecule has 0 bridgehead atoms. The van der Waals surface area contributed by atoms with E-state index in [9.17, 15) is 9.90 Å². The molecule has 2 saturated carbocycles. The van der Waals surface area contributed by atoms with Crippen LogP contribution in [-0.2, 0) is 9.53 Å². The molecule has 3 aliphatic rings. The van der Waals surface area contributed by atoms with Gasteiger partial charge in [-0.05, 0) is 54.9 Å². The molecule has 1 N–H and O–H groups in total. The summed E-state index contributed by atoms with van der Waals surface area (Å²) in [5.41, 5.74) is 0.944. The van der Waals surface area contributed by atoms with E-state index in [0.717, 1.165) is 5.57 Å². The maximum atomic E-state index is 12.0. The molecule has 3 rings (SSSR count). The Labute approximate surface area is 121 Å². The molecule has 0 aromatic rings. The van der Waals surface area contributed by atoms with Gasteiger partial charge < -0.3 is 9.84 Å². The molecular weight excluding hydrogens is 252 g/mol. The lowest BCUT2D eigenvalue weighted by atomic mass is 9.69. The SMILES string of the molecule is COC(=O)C1=C(C)[C@]2(O)[C@@H](C1)[C@@H](C)[C@@H]1CCC(C)(C)[C@H]12. The number of rotatable bonds is 1. The van der Waals surface area contributed by atoms with Crippen molar-refractivity contribution >= 4 is 5.97 Å². The Balaban J connectivity index is 2.09. The molecule has 0 unspecified atom stereocenters. The summed E-state index contributed by atoms with van der Waals surface area (Å²) in [6.07, 6.45) is 3.06. The van der Waals surface area contributed by atoms with Gasteiger partial charge in [0.2, 0.25) is 0 Å². The second-order valence-corrected chi connectivity index (χ2v) is 7.76. The van der Waals surface area contributed by atoms with Crippen LogP contribution in [0.25, 0.3) is 0 Å². The molecule has 2 fully saturated rings. The van der Waals surface area contributed by atoms with Crippen molar-refractivity contribution in [1.29, 1.82) is 0 Å². The third kappa shape index (κ3) is 1.47. The first-order chi connectivity index (χ1) is 9.25. The number of aliphatic hydroxyl groups is 1. The minimum Gasteiger partial charge on any atom is -0.466 e. The van der Waals surface area contributed by atoms with E-state index in [1.807, 2.05) is 6.92 Å². The monoisotopic (exact) mass is 278 g/mol. The zero-order valence-corrected chi connectivity index (χ0v) is 13.2. The highest BCUT2D eigenvalue weighted by molar-refractivity contribution is 5.90. The number of methoxy groups -OCH3 is 1. The summed E-state index contributed by atoms with van der Waals surface area (Å²) in [6.45, 7) is 8.74. The van der Waals surface area contributed by atoms with E-state index in [1.54, 1.807) is 0 Å². The van der Waals surface area contributed by atoms with E-state index in [0.29, 0.717) is 23.8 Å². The average Bonchev–Trinajstić information content (AvgIpc) is 2.92. The van der Waals surface area contributed by atoms with E-state index < -0.39 is 5.60 Å². The molecule has 3 aliphatic carbocycles. The molecule has 0 radical (unpaired) electrons. The third-order valence-corrected chi connectivity index (χ3v) is 6.65. The van der Waals surface area contributed by atoms with Crippen LogP contribution < -0.4 is 0 Å². The average molecular weight is 278 g/mol. The number of hydrogen-bond acceptors (Lipinski definition) is 3. The second kappa shape index (κ2) is 4.09. The van der Waals surface area contributed by atoms with Crippen LogP contribution in [0.2, 0.25) is 0 Å². The van der Waals surface area contributed by atoms with Crippen molar-refractivity contribution in [2.45, 2.75) is 52.6 Å². The van der Waals surface area contributed by atoms with Gasteiger partial charge in [-0.3, -0.25) is 0 Å². The van der Waals surface area contributed by atoms with E-state index in [2.05, 4.69) is 20.8 Å². The minimum atomic E-state index is -0.798. The standard InChI is InChI=1S/C17H26O3/c1-9-11-6-7-16(3,4)14(11)17(19)10(2)12(8-13(9)17)15(18)20-5/h9,11,13-14,19H,6-8H2,1-5H3/t9-,11-,13-,14-,17-/m0/s1. The van der Waals surface area contributed by atoms with Crippen molar-refractivity contribution in [3.63, 3.8) is 0 Å². The van der Waals surface area contributed by atoms with Gasteiger partial charge in [-0.25, -0.2) is 4.79 Å². The van der Waals surface area contributed by atoms with Crippen LogP contribution in [0.4, 0.5) is 0 Å². The highest BCUT2D eigenvalue weighted by Crippen LogP contribution is 2.68. The Morgan fingerprint density at radius 3 is 2.65 bits per heavy atom. The molecule has 0 aromatic heterocycles. The quantitative estimate of drug-likeness (QED) is 0.750. The molecule has 112 valence electrons. The predicted octanol–water partition coefficient (Wildman–Crippen LogP) is 2.93. The normalized spacial score (nSPS) is 45.5. The van der Waals surface area contributed by atoms with Gasteiger partial charge in [0.25, 0.3) is 0 Å². The molecule has 20 heavy (non-hydrogen) atoms. The fourth-order valence-corrected chi connectivity index (χ4v) is 5.69. The third-order valence-electron chi connectivity index (χ3n) is 6.65. The fourth-order valence-electron chi connectivity index (χ4n) is 5.69. The highest BCUT2D eigenvalue weighted by Gasteiger charge is 2.67. The maximum absolute atomic E-state index is 12.0. The van der Waals surface area contributed by atoms with E-state index in [1.165, 1.54) is 20.0 Å². The van der Waals surface area contributed by atoms with Gasteiger partial charge in [-0.2, -0.15) is 0 Å². The lowest BCUT2D eigenvalue weighted by molar-refractivity contribution is -0.136. The summed E-state index contributed by atoms with van der Waals surface area (Å²) >= 11 is 0. The summed E-state index contributed by atoms with van der Waals surface area (Å²) in [4.78, 5) is 12.0. The molecule has 0 heterocycles. The van der Waals surface area contributed by atoms with Gasteiger partial charge in [0.05, 0.1) is 12.7 Å². The van der Waals surface area contributed by atoms with Crippen molar-refractivity contribution in [3.05, 3.63) is 11.1 Å².